The van der Waals surface area contributed by atoms with Crippen LogP contribution in [0.3, 0.4) is 0 Å². The smallest absolute Gasteiger partial charge is 0.236 e. The second-order valence-corrected chi connectivity index (χ2v) is 2.89. The van der Waals surface area contributed by atoms with Crippen molar-refractivity contribution >= 4 is 12.1 Å². The summed E-state index contributed by atoms with van der Waals surface area (Å²) >= 11 is 0. The monoisotopic (exact) mass is 166 g/mol. The first-order chi connectivity index (χ1) is 5.77. The van der Waals surface area contributed by atoms with Gasteiger partial charge in [-0.3, -0.25) is 9.79 Å². The van der Waals surface area contributed by atoms with Crippen molar-refractivity contribution in [3.63, 3.8) is 0 Å². The quantitative estimate of drug-likeness (QED) is 0.523. The third-order valence-electron chi connectivity index (χ3n) is 2.05. The molecule has 2 rings (SSSR count). The van der Waals surface area contributed by atoms with Crippen LogP contribution in [0, 0.1) is 0 Å². The molecular weight excluding hydrogens is 156 g/mol. The highest BCUT2D eigenvalue weighted by atomic mass is 16.1. The van der Waals surface area contributed by atoms with Crippen LogP contribution in [0.5, 0.6) is 0 Å². The zero-order valence-corrected chi connectivity index (χ0v) is 6.47. The number of carbonyl (C=O) groups excluding carboxylic acids is 1. The van der Waals surface area contributed by atoms with Gasteiger partial charge in [0.1, 0.15) is 6.04 Å². The Morgan fingerprint density at radius 1 is 1.75 bits per heavy atom. The average molecular weight is 166 g/mol. The second kappa shape index (κ2) is 2.60. The number of nitrogens with one attached hydrogen (secondary N) is 1. The zero-order chi connectivity index (χ0) is 8.55. The summed E-state index contributed by atoms with van der Waals surface area (Å²) in [4.78, 5) is 14.8. The van der Waals surface area contributed by atoms with E-state index >= 15 is 0 Å². The maximum atomic E-state index is 10.8. The summed E-state index contributed by atoms with van der Waals surface area (Å²) in [5.41, 5.74) is 8.13. The molecule has 1 fully saturated rings. The number of hydrogen-bond acceptors (Lipinski definition) is 4. The van der Waals surface area contributed by atoms with Gasteiger partial charge in [-0.2, -0.15) is 0 Å². The standard InChI is InChI=1S/C7H10N4O/c8-7(12)6-3-5-4-9-1-2-11(5)10-6/h1-2,4-6,10H,3H2,(H2,8,12). The van der Waals surface area contributed by atoms with Crippen LogP contribution < -0.4 is 11.2 Å². The molecule has 3 N–H and O–H groups in total. The molecule has 2 aliphatic rings. The number of hydrazine groups is 1. The Hall–Kier alpha value is -1.36. The molecule has 0 aliphatic carbocycles. The van der Waals surface area contributed by atoms with E-state index in [0.29, 0.717) is 6.42 Å². The maximum Gasteiger partial charge on any atom is 0.236 e. The van der Waals surface area contributed by atoms with Gasteiger partial charge in [-0.05, 0) is 0 Å². The Morgan fingerprint density at radius 3 is 3.25 bits per heavy atom. The van der Waals surface area contributed by atoms with Crippen LogP contribution in [-0.2, 0) is 4.79 Å². The first-order valence-electron chi connectivity index (χ1n) is 3.81. The molecule has 0 saturated carbocycles. The predicted octanol–water partition coefficient (Wildman–Crippen LogP) is -1.03. The van der Waals surface area contributed by atoms with E-state index in [0.717, 1.165) is 0 Å². The first-order valence-corrected chi connectivity index (χ1v) is 3.81. The van der Waals surface area contributed by atoms with E-state index in [1.54, 1.807) is 18.6 Å². The van der Waals surface area contributed by atoms with Crippen LogP contribution in [0.15, 0.2) is 17.4 Å². The van der Waals surface area contributed by atoms with E-state index in [9.17, 15) is 4.79 Å². The summed E-state index contributed by atoms with van der Waals surface area (Å²) in [6.07, 6.45) is 5.97. The molecule has 5 nitrogen and oxygen atoms in total. The molecule has 12 heavy (non-hydrogen) atoms. The Balaban J connectivity index is 2.10. The number of nitrogens with zero attached hydrogens (tertiary/aromatic N) is 2. The molecule has 0 bridgehead atoms. The molecular formula is C7H10N4O. The van der Waals surface area contributed by atoms with E-state index < -0.39 is 0 Å². The molecule has 1 saturated heterocycles. The summed E-state index contributed by atoms with van der Waals surface area (Å²) in [5.74, 6) is -0.314. The van der Waals surface area contributed by atoms with Gasteiger partial charge in [0.05, 0.1) is 6.04 Å². The minimum atomic E-state index is -0.314. The number of amides is 1. The minimum Gasteiger partial charge on any atom is -0.368 e. The van der Waals surface area contributed by atoms with Crippen molar-refractivity contribution < 1.29 is 4.79 Å². The fraction of sp³-hybridized carbons (Fsp3) is 0.429. The van der Waals surface area contributed by atoms with E-state index in [-0.39, 0.29) is 18.0 Å². The van der Waals surface area contributed by atoms with Crippen LogP contribution in [-0.4, -0.2) is 29.2 Å². The van der Waals surface area contributed by atoms with E-state index in [4.69, 9.17) is 5.73 Å². The van der Waals surface area contributed by atoms with Crippen molar-refractivity contribution in [1.82, 2.24) is 10.4 Å². The normalized spacial score (nSPS) is 32.2. The van der Waals surface area contributed by atoms with Gasteiger partial charge in [0.2, 0.25) is 5.91 Å². The van der Waals surface area contributed by atoms with Gasteiger partial charge in [0.25, 0.3) is 0 Å². The van der Waals surface area contributed by atoms with Gasteiger partial charge in [0, 0.05) is 25.0 Å². The molecule has 2 unspecified atom stereocenters. The zero-order valence-electron chi connectivity index (χ0n) is 6.47. The van der Waals surface area contributed by atoms with Crippen molar-refractivity contribution in [3.05, 3.63) is 12.4 Å². The fourth-order valence-electron chi connectivity index (χ4n) is 1.41. The lowest BCUT2D eigenvalue weighted by molar-refractivity contribution is -0.120. The lowest BCUT2D eigenvalue weighted by Crippen LogP contribution is -2.41. The predicted molar refractivity (Wildman–Crippen MR) is 44.0 cm³/mol. The van der Waals surface area contributed by atoms with Crippen LogP contribution in [0.4, 0.5) is 0 Å². The highest BCUT2D eigenvalue weighted by Crippen LogP contribution is 2.15. The van der Waals surface area contributed by atoms with Crippen LogP contribution >= 0.6 is 0 Å². The highest BCUT2D eigenvalue weighted by Gasteiger charge is 2.32. The maximum absolute atomic E-state index is 10.8. The number of carbonyl (C=O) groups is 1. The third kappa shape index (κ3) is 1.08. The van der Waals surface area contributed by atoms with Gasteiger partial charge in [-0.25, -0.2) is 5.43 Å². The number of primary amides is 1. The second-order valence-electron chi connectivity index (χ2n) is 2.89. The van der Waals surface area contributed by atoms with Crippen molar-refractivity contribution in [2.24, 2.45) is 10.7 Å². The Bertz CT molecular complexity index is 240. The lowest BCUT2D eigenvalue weighted by Gasteiger charge is -2.20. The molecule has 0 radical (unpaired) electrons. The molecule has 2 aliphatic heterocycles. The minimum absolute atomic E-state index is 0.174. The van der Waals surface area contributed by atoms with Crippen LogP contribution in [0.2, 0.25) is 0 Å². The Labute approximate surface area is 69.9 Å². The summed E-state index contributed by atoms with van der Waals surface area (Å²) in [5, 5.41) is 1.85. The summed E-state index contributed by atoms with van der Waals surface area (Å²) in [7, 11) is 0. The van der Waals surface area contributed by atoms with Crippen molar-refractivity contribution in [3.8, 4) is 0 Å². The third-order valence-corrected chi connectivity index (χ3v) is 2.05. The van der Waals surface area contributed by atoms with Crippen LogP contribution in [0.1, 0.15) is 6.42 Å². The Kier molecular flexibility index (Phi) is 1.58. The summed E-state index contributed by atoms with van der Waals surface area (Å²) < 4.78 is 0. The topological polar surface area (TPSA) is 70.7 Å². The van der Waals surface area contributed by atoms with Gasteiger partial charge < -0.3 is 10.7 Å². The highest BCUT2D eigenvalue weighted by molar-refractivity contribution is 5.81. The molecule has 0 aromatic rings. The van der Waals surface area contributed by atoms with Crippen molar-refractivity contribution in [2.75, 3.05) is 0 Å². The van der Waals surface area contributed by atoms with E-state index in [1.807, 2.05) is 5.01 Å². The van der Waals surface area contributed by atoms with Crippen LogP contribution in [0.25, 0.3) is 0 Å². The summed E-state index contributed by atoms with van der Waals surface area (Å²) in [6.45, 7) is 0. The van der Waals surface area contributed by atoms with Gasteiger partial charge in [0.15, 0.2) is 0 Å². The number of nitrogens with two attached hydrogens (primary N) is 1. The van der Waals surface area contributed by atoms with E-state index in [2.05, 4.69) is 10.4 Å². The number of aliphatic imine (C=N–C) groups is 1. The number of fused-ring (bicyclic) bond motifs is 1. The molecule has 0 spiro atoms. The Morgan fingerprint density at radius 2 is 2.58 bits per heavy atom. The number of rotatable bonds is 1. The van der Waals surface area contributed by atoms with Crippen molar-refractivity contribution in [1.29, 1.82) is 0 Å². The van der Waals surface area contributed by atoms with E-state index in [1.165, 1.54) is 0 Å². The fourth-order valence-corrected chi connectivity index (χ4v) is 1.41. The SMILES string of the molecule is NC(=O)C1CC2C=NC=CN2N1. The van der Waals surface area contributed by atoms with Gasteiger partial charge in [-0.1, -0.05) is 0 Å². The number of hydrogen-bond donors (Lipinski definition) is 2. The van der Waals surface area contributed by atoms with Gasteiger partial charge >= 0.3 is 0 Å². The largest absolute Gasteiger partial charge is 0.368 e. The average Bonchev–Trinajstić information content (AvgIpc) is 2.46. The molecule has 1 amide bonds. The molecule has 2 heterocycles. The summed E-state index contributed by atoms with van der Waals surface area (Å²) in [6, 6.07) is -0.0864. The molecule has 2 atom stereocenters. The lowest BCUT2D eigenvalue weighted by atomic mass is 10.1. The molecule has 5 heteroatoms. The molecule has 64 valence electrons. The molecule has 0 aromatic carbocycles. The van der Waals surface area contributed by atoms with Crippen molar-refractivity contribution in [2.45, 2.75) is 18.5 Å². The molecule has 0 aromatic heterocycles. The first kappa shape index (κ1) is 7.30. The van der Waals surface area contributed by atoms with Gasteiger partial charge in [-0.15, -0.1) is 0 Å².